The minimum atomic E-state index is -1.15. The average molecular weight is 264 g/mol. The highest BCUT2D eigenvalue weighted by Crippen LogP contribution is 2.28. The summed E-state index contributed by atoms with van der Waals surface area (Å²) >= 11 is 1.34. The summed E-state index contributed by atoms with van der Waals surface area (Å²) in [7, 11) is 0. The minimum Gasteiger partial charge on any atom is -0.475 e. The van der Waals surface area contributed by atoms with Crippen LogP contribution in [0.25, 0.3) is 10.9 Å². The predicted molar refractivity (Wildman–Crippen MR) is 68.9 cm³/mol. The van der Waals surface area contributed by atoms with Gasteiger partial charge in [-0.05, 0) is 6.07 Å². The van der Waals surface area contributed by atoms with Crippen LogP contribution >= 0.6 is 11.8 Å². The number of thioether (sulfide) groups is 1. The lowest BCUT2D eigenvalue weighted by atomic mass is 10.2. The van der Waals surface area contributed by atoms with Crippen LogP contribution < -0.4 is 0 Å². The number of fused-ring (bicyclic) bond motifs is 1. The van der Waals surface area contributed by atoms with Gasteiger partial charge < -0.3 is 10.2 Å². The molecule has 6 heteroatoms. The van der Waals surface area contributed by atoms with Crippen molar-refractivity contribution in [1.82, 2.24) is 9.97 Å². The molecule has 1 heterocycles. The molecule has 1 aromatic carbocycles. The first kappa shape index (κ1) is 12.8. The Labute approximate surface area is 108 Å². The van der Waals surface area contributed by atoms with Gasteiger partial charge in [0.2, 0.25) is 5.82 Å². The molecule has 0 radical (unpaired) electrons. The lowest BCUT2D eigenvalue weighted by molar-refractivity contribution is 0.0683. The number of carboxylic acid groups (broad SMARTS) is 1. The van der Waals surface area contributed by atoms with E-state index in [1.165, 1.54) is 11.8 Å². The van der Waals surface area contributed by atoms with E-state index in [-0.39, 0.29) is 17.7 Å². The first-order valence-corrected chi connectivity index (χ1v) is 6.27. The largest absolute Gasteiger partial charge is 0.475 e. The van der Waals surface area contributed by atoms with E-state index in [2.05, 4.69) is 9.97 Å². The maximum atomic E-state index is 11.0. The van der Waals surface area contributed by atoms with Crippen LogP contribution in [-0.2, 0) is 0 Å². The van der Waals surface area contributed by atoms with Crippen molar-refractivity contribution in [2.24, 2.45) is 0 Å². The number of hydrogen-bond acceptors (Lipinski definition) is 5. The van der Waals surface area contributed by atoms with Gasteiger partial charge in [0.1, 0.15) is 5.03 Å². The van der Waals surface area contributed by atoms with Crippen molar-refractivity contribution in [3.05, 3.63) is 30.1 Å². The lowest BCUT2D eigenvalue weighted by Crippen LogP contribution is -2.08. The maximum Gasteiger partial charge on any atom is 0.373 e. The van der Waals surface area contributed by atoms with E-state index in [1.807, 2.05) is 19.1 Å². The third kappa shape index (κ3) is 2.60. The average Bonchev–Trinajstić information content (AvgIpc) is 2.38. The summed E-state index contributed by atoms with van der Waals surface area (Å²) in [4.78, 5) is 19.0. The van der Waals surface area contributed by atoms with Gasteiger partial charge in [0.25, 0.3) is 0 Å². The Bertz CT molecular complexity index is 589. The highest BCUT2D eigenvalue weighted by molar-refractivity contribution is 8.00. The van der Waals surface area contributed by atoms with Crippen molar-refractivity contribution in [2.45, 2.75) is 17.2 Å². The SMILES string of the molecule is CC(CO)Sc1nc(C(=O)O)nc2ccccc12. The number of benzene rings is 1. The Hall–Kier alpha value is -1.66. The van der Waals surface area contributed by atoms with Crippen molar-refractivity contribution in [1.29, 1.82) is 0 Å². The van der Waals surface area contributed by atoms with Gasteiger partial charge in [0.15, 0.2) is 0 Å². The molecule has 18 heavy (non-hydrogen) atoms. The van der Waals surface area contributed by atoms with E-state index < -0.39 is 5.97 Å². The van der Waals surface area contributed by atoms with Gasteiger partial charge in [-0.2, -0.15) is 0 Å². The zero-order valence-electron chi connectivity index (χ0n) is 9.70. The van der Waals surface area contributed by atoms with Gasteiger partial charge >= 0.3 is 5.97 Å². The molecule has 0 fully saturated rings. The molecule has 0 aliphatic heterocycles. The van der Waals surface area contributed by atoms with Crippen molar-refractivity contribution in [3.8, 4) is 0 Å². The fourth-order valence-corrected chi connectivity index (χ4v) is 2.36. The van der Waals surface area contributed by atoms with Crippen LogP contribution in [0.15, 0.2) is 29.3 Å². The zero-order valence-corrected chi connectivity index (χ0v) is 10.5. The number of carbonyl (C=O) groups is 1. The number of aliphatic hydroxyl groups is 1. The first-order valence-electron chi connectivity index (χ1n) is 5.39. The first-order chi connectivity index (χ1) is 8.61. The molecule has 0 saturated heterocycles. The van der Waals surface area contributed by atoms with Crippen molar-refractivity contribution >= 4 is 28.6 Å². The number of aromatic carboxylic acids is 1. The third-order valence-electron chi connectivity index (χ3n) is 2.33. The van der Waals surface area contributed by atoms with Crippen LogP contribution in [0.4, 0.5) is 0 Å². The summed E-state index contributed by atoms with van der Waals surface area (Å²) in [6.45, 7) is 1.85. The van der Waals surface area contributed by atoms with Gasteiger partial charge in [-0.3, -0.25) is 0 Å². The van der Waals surface area contributed by atoms with E-state index in [0.29, 0.717) is 10.5 Å². The summed E-state index contributed by atoms with van der Waals surface area (Å²) in [5.74, 6) is -1.37. The quantitative estimate of drug-likeness (QED) is 0.647. The molecule has 1 unspecified atom stereocenters. The molecule has 2 rings (SSSR count). The maximum absolute atomic E-state index is 11.0. The van der Waals surface area contributed by atoms with Crippen LogP contribution in [0.2, 0.25) is 0 Å². The van der Waals surface area contributed by atoms with Crippen LogP contribution in [0, 0.1) is 0 Å². The summed E-state index contributed by atoms with van der Waals surface area (Å²) in [5.41, 5.74) is 0.595. The summed E-state index contributed by atoms with van der Waals surface area (Å²) in [6.07, 6.45) is 0. The summed E-state index contributed by atoms with van der Waals surface area (Å²) in [5, 5.41) is 19.4. The van der Waals surface area contributed by atoms with Crippen molar-refractivity contribution in [3.63, 3.8) is 0 Å². The topological polar surface area (TPSA) is 83.3 Å². The van der Waals surface area contributed by atoms with E-state index in [4.69, 9.17) is 10.2 Å². The molecular formula is C12H12N2O3S. The van der Waals surface area contributed by atoms with Gasteiger partial charge in [-0.15, -0.1) is 11.8 Å². The van der Waals surface area contributed by atoms with Crippen molar-refractivity contribution in [2.75, 3.05) is 6.61 Å². The Morgan fingerprint density at radius 3 is 2.78 bits per heavy atom. The number of aliphatic hydroxyl groups excluding tert-OH is 1. The Kier molecular flexibility index (Phi) is 3.78. The van der Waals surface area contributed by atoms with E-state index >= 15 is 0 Å². The highest BCUT2D eigenvalue weighted by atomic mass is 32.2. The predicted octanol–water partition coefficient (Wildman–Crippen LogP) is 1.80. The normalized spacial score (nSPS) is 12.6. The Balaban J connectivity index is 2.57. The standard InChI is InChI=1S/C12H12N2O3S/c1-7(6-15)18-11-8-4-2-3-5-9(8)13-10(14-11)12(16)17/h2-5,7,15H,6H2,1H3,(H,16,17). The monoisotopic (exact) mass is 264 g/mol. The van der Waals surface area contributed by atoms with Gasteiger partial charge in [0, 0.05) is 10.6 Å². The smallest absolute Gasteiger partial charge is 0.373 e. The Morgan fingerprint density at radius 2 is 2.11 bits per heavy atom. The van der Waals surface area contributed by atoms with Crippen molar-refractivity contribution < 1.29 is 15.0 Å². The van der Waals surface area contributed by atoms with Gasteiger partial charge in [-0.1, -0.05) is 25.1 Å². The second-order valence-electron chi connectivity index (χ2n) is 3.79. The summed E-state index contributed by atoms with van der Waals surface area (Å²) < 4.78 is 0. The fourth-order valence-electron chi connectivity index (χ4n) is 1.46. The number of para-hydroxylation sites is 1. The zero-order chi connectivity index (χ0) is 13.1. The van der Waals surface area contributed by atoms with Crippen LogP contribution in [-0.4, -0.2) is 38.0 Å². The number of nitrogens with zero attached hydrogens (tertiary/aromatic N) is 2. The molecular weight excluding hydrogens is 252 g/mol. The van der Waals surface area contributed by atoms with Gasteiger partial charge in [0.05, 0.1) is 12.1 Å². The molecule has 0 amide bonds. The van der Waals surface area contributed by atoms with Crippen LogP contribution in [0.3, 0.4) is 0 Å². The molecule has 0 bridgehead atoms. The van der Waals surface area contributed by atoms with E-state index in [0.717, 1.165) is 5.39 Å². The molecule has 0 aliphatic carbocycles. The number of rotatable bonds is 4. The second kappa shape index (κ2) is 5.32. The minimum absolute atomic E-state index is 0.00536. The molecule has 1 aromatic heterocycles. The molecule has 0 saturated carbocycles. The van der Waals surface area contributed by atoms with Gasteiger partial charge in [-0.25, -0.2) is 14.8 Å². The molecule has 94 valence electrons. The lowest BCUT2D eigenvalue weighted by Gasteiger charge is -2.09. The molecule has 1 atom stereocenters. The molecule has 0 aliphatic rings. The summed E-state index contributed by atoms with van der Waals surface area (Å²) in [6, 6.07) is 7.23. The number of aromatic nitrogens is 2. The van der Waals surface area contributed by atoms with E-state index in [1.54, 1.807) is 12.1 Å². The van der Waals surface area contributed by atoms with Crippen LogP contribution in [0.1, 0.15) is 17.5 Å². The van der Waals surface area contributed by atoms with Crippen LogP contribution in [0.5, 0.6) is 0 Å². The molecule has 0 spiro atoms. The molecule has 2 N–H and O–H groups in total. The molecule has 5 nitrogen and oxygen atoms in total. The highest BCUT2D eigenvalue weighted by Gasteiger charge is 2.14. The third-order valence-corrected chi connectivity index (χ3v) is 3.42. The van der Waals surface area contributed by atoms with E-state index in [9.17, 15) is 4.79 Å². The number of hydrogen-bond donors (Lipinski definition) is 2. The Morgan fingerprint density at radius 1 is 1.39 bits per heavy atom. The number of carboxylic acids is 1. The fraction of sp³-hybridized carbons (Fsp3) is 0.250. The molecule has 2 aromatic rings. The second-order valence-corrected chi connectivity index (χ2v) is 5.21.